The number of hydrogen-bond acceptors (Lipinski definition) is 3. The van der Waals surface area contributed by atoms with Crippen molar-refractivity contribution >= 4 is 10.1 Å². The Kier molecular flexibility index (Phi) is 4.15. The molecule has 1 aliphatic carbocycles. The first-order valence-corrected chi connectivity index (χ1v) is 6.84. The van der Waals surface area contributed by atoms with Gasteiger partial charge in [0.25, 0.3) is 0 Å². The zero-order chi connectivity index (χ0) is 14.1. The van der Waals surface area contributed by atoms with Crippen molar-refractivity contribution in [3.05, 3.63) is 23.5 Å². The van der Waals surface area contributed by atoms with Crippen LogP contribution in [0.2, 0.25) is 0 Å². The van der Waals surface area contributed by atoms with Crippen LogP contribution in [0.25, 0.3) is 0 Å². The van der Waals surface area contributed by atoms with Crippen molar-refractivity contribution in [1.82, 2.24) is 0 Å². The zero-order valence-electron chi connectivity index (χ0n) is 10.2. The quantitative estimate of drug-likeness (QED) is 0.588. The lowest BCUT2D eigenvalue weighted by Crippen LogP contribution is -2.27. The van der Waals surface area contributed by atoms with Crippen LogP contribution < -0.4 is 0 Å². The predicted molar refractivity (Wildman–Crippen MR) is 60.9 cm³/mol. The molecule has 0 aromatic carbocycles. The molecule has 0 saturated heterocycles. The van der Waals surface area contributed by atoms with Gasteiger partial charge in [-0.05, 0) is 31.3 Å². The van der Waals surface area contributed by atoms with Crippen molar-refractivity contribution in [2.45, 2.75) is 38.6 Å². The predicted octanol–water partition coefficient (Wildman–Crippen LogP) is 3.50. The number of allylic oxidation sites excluding steroid dienone is 3. The summed E-state index contributed by atoms with van der Waals surface area (Å²) in [7, 11) is -5.59. The Morgan fingerprint density at radius 1 is 1.44 bits per heavy atom. The molecule has 0 spiro atoms. The van der Waals surface area contributed by atoms with Crippen LogP contribution >= 0.6 is 0 Å². The Morgan fingerprint density at radius 3 is 2.44 bits per heavy atom. The molecule has 3 nitrogen and oxygen atoms in total. The Labute approximate surface area is 104 Å². The second-order valence-corrected chi connectivity index (χ2v) is 6.05. The molecule has 0 bridgehead atoms. The highest BCUT2D eigenvalue weighted by Gasteiger charge is 2.49. The third-order valence-electron chi connectivity index (χ3n) is 2.77. The van der Waals surface area contributed by atoms with Gasteiger partial charge in [-0.2, -0.15) is 21.6 Å². The molecule has 0 fully saturated rings. The molecule has 0 aliphatic heterocycles. The lowest BCUT2D eigenvalue weighted by molar-refractivity contribution is -0.0525. The molecule has 1 rings (SSSR count). The highest BCUT2D eigenvalue weighted by molar-refractivity contribution is 7.87. The molecule has 1 atom stereocenters. The van der Waals surface area contributed by atoms with Crippen LogP contribution in [-0.4, -0.2) is 13.9 Å². The van der Waals surface area contributed by atoms with E-state index in [2.05, 4.69) is 10.8 Å². The molecular weight excluding hydrogens is 269 g/mol. The van der Waals surface area contributed by atoms with Crippen molar-refractivity contribution in [2.24, 2.45) is 5.92 Å². The second-order valence-electron chi connectivity index (χ2n) is 4.51. The summed E-state index contributed by atoms with van der Waals surface area (Å²) in [5.74, 6) is -0.0369. The summed E-state index contributed by atoms with van der Waals surface area (Å²) in [4.78, 5) is 0. The molecule has 18 heavy (non-hydrogen) atoms. The molecule has 104 valence electrons. The van der Waals surface area contributed by atoms with Crippen molar-refractivity contribution in [3.63, 3.8) is 0 Å². The van der Waals surface area contributed by atoms with E-state index in [1.165, 1.54) is 0 Å². The van der Waals surface area contributed by atoms with Gasteiger partial charge >= 0.3 is 15.6 Å². The molecule has 0 saturated carbocycles. The van der Waals surface area contributed by atoms with Crippen LogP contribution in [0.5, 0.6) is 0 Å². The smallest absolute Gasteiger partial charge is 0.380 e. The lowest BCUT2D eigenvalue weighted by atomic mass is 9.87. The molecule has 0 radical (unpaired) electrons. The average molecular weight is 284 g/mol. The summed E-state index contributed by atoms with van der Waals surface area (Å²) < 4.78 is 63.0. The standard InChI is InChI=1S/C11H15F3O3S/c1-7(2)9-5-4-8(3)6-10(9)17-18(15,16)11(12,13)14/h8H,1,4-6H2,2-3H3/t8-/m1/s1. The summed E-state index contributed by atoms with van der Waals surface area (Å²) in [5.41, 5.74) is -4.39. The van der Waals surface area contributed by atoms with E-state index in [0.29, 0.717) is 17.6 Å². The summed E-state index contributed by atoms with van der Waals surface area (Å²) in [6.45, 7) is 7.08. The molecule has 0 heterocycles. The maximum atomic E-state index is 12.3. The van der Waals surface area contributed by atoms with E-state index < -0.39 is 15.6 Å². The van der Waals surface area contributed by atoms with Gasteiger partial charge in [-0.25, -0.2) is 0 Å². The normalized spacial score (nSPS) is 21.9. The SMILES string of the molecule is C=C(C)C1=C(OS(=O)(=O)C(F)(F)F)C[C@H](C)CC1. The third-order valence-corrected chi connectivity index (χ3v) is 3.75. The Bertz CT molecular complexity index is 474. The van der Waals surface area contributed by atoms with Crippen LogP contribution in [0.3, 0.4) is 0 Å². The molecule has 0 amide bonds. The summed E-state index contributed by atoms with van der Waals surface area (Å²) in [6.07, 6.45) is 1.44. The van der Waals surface area contributed by atoms with Gasteiger partial charge in [0.2, 0.25) is 0 Å². The number of halogens is 3. The van der Waals surface area contributed by atoms with Crippen LogP contribution in [0.1, 0.15) is 33.1 Å². The van der Waals surface area contributed by atoms with Crippen LogP contribution in [-0.2, 0) is 14.3 Å². The van der Waals surface area contributed by atoms with Gasteiger partial charge in [-0.15, -0.1) is 0 Å². The maximum Gasteiger partial charge on any atom is 0.534 e. The van der Waals surface area contributed by atoms with Crippen molar-refractivity contribution < 1.29 is 25.8 Å². The number of alkyl halides is 3. The summed E-state index contributed by atoms with van der Waals surface area (Å²) in [6, 6.07) is 0. The third kappa shape index (κ3) is 3.28. The van der Waals surface area contributed by atoms with E-state index in [9.17, 15) is 21.6 Å². The van der Waals surface area contributed by atoms with Gasteiger partial charge in [-0.3, -0.25) is 0 Å². The Hall–Kier alpha value is -0.980. The van der Waals surface area contributed by atoms with Gasteiger partial charge in [0.15, 0.2) is 0 Å². The first-order valence-electron chi connectivity index (χ1n) is 5.43. The topological polar surface area (TPSA) is 43.4 Å². The van der Waals surface area contributed by atoms with Crippen LogP contribution in [0.4, 0.5) is 13.2 Å². The molecule has 0 aromatic rings. The summed E-state index contributed by atoms with van der Waals surface area (Å²) in [5, 5.41) is 0. The van der Waals surface area contributed by atoms with Crippen LogP contribution in [0, 0.1) is 5.92 Å². The monoisotopic (exact) mass is 284 g/mol. The van der Waals surface area contributed by atoms with Crippen molar-refractivity contribution in [1.29, 1.82) is 0 Å². The molecule has 0 unspecified atom stereocenters. The molecule has 0 N–H and O–H groups in total. The minimum atomic E-state index is -5.59. The van der Waals surface area contributed by atoms with Gasteiger partial charge in [0, 0.05) is 6.42 Å². The first kappa shape index (κ1) is 15.1. The highest BCUT2D eigenvalue weighted by atomic mass is 32.2. The van der Waals surface area contributed by atoms with Gasteiger partial charge < -0.3 is 4.18 Å². The average Bonchev–Trinajstić information content (AvgIpc) is 2.14. The highest BCUT2D eigenvalue weighted by Crippen LogP contribution is 2.36. The number of hydrogen-bond donors (Lipinski definition) is 0. The van der Waals surface area contributed by atoms with E-state index in [4.69, 9.17) is 0 Å². The maximum absolute atomic E-state index is 12.3. The second kappa shape index (κ2) is 4.95. The van der Waals surface area contributed by atoms with E-state index in [1.54, 1.807) is 6.92 Å². The molecule has 0 aromatic heterocycles. The van der Waals surface area contributed by atoms with E-state index in [1.807, 2.05) is 6.92 Å². The molecule has 1 aliphatic rings. The molecule has 7 heteroatoms. The molecular formula is C11H15F3O3S. The lowest BCUT2D eigenvalue weighted by Gasteiger charge is -2.25. The minimum Gasteiger partial charge on any atom is -0.380 e. The first-order chi connectivity index (χ1) is 8.04. The summed E-state index contributed by atoms with van der Waals surface area (Å²) >= 11 is 0. The van der Waals surface area contributed by atoms with Crippen LogP contribution in [0.15, 0.2) is 23.5 Å². The fourth-order valence-corrected chi connectivity index (χ4v) is 2.32. The van der Waals surface area contributed by atoms with E-state index in [-0.39, 0.29) is 18.1 Å². The minimum absolute atomic E-state index is 0.0894. The van der Waals surface area contributed by atoms with Crippen molar-refractivity contribution in [3.8, 4) is 0 Å². The Balaban J connectivity index is 3.09. The number of rotatable bonds is 3. The zero-order valence-corrected chi connectivity index (χ0v) is 11.0. The fourth-order valence-electron chi connectivity index (χ4n) is 1.79. The largest absolute Gasteiger partial charge is 0.534 e. The van der Waals surface area contributed by atoms with Crippen molar-refractivity contribution in [2.75, 3.05) is 0 Å². The fraction of sp³-hybridized carbons (Fsp3) is 0.636. The van der Waals surface area contributed by atoms with Gasteiger partial charge in [0.05, 0.1) is 0 Å². The van der Waals surface area contributed by atoms with Gasteiger partial charge in [-0.1, -0.05) is 19.1 Å². The van der Waals surface area contributed by atoms with Gasteiger partial charge in [0.1, 0.15) is 5.76 Å². The van der Waals surface area contributed by atoms with E-state index in [0.717, 1.165) is 6.42 Å². The Morgan fingerprint density at radius 2 is 2.00 bits per heavy atom. The van der Waals surface area contributed by atoms with E-state index >= 15 is 0 Å².